The summed E-state index contributed by atoms with van der Waals surface area (Å²) in [4.78, 5) is -0.101. The second kappa shape index (κ2) is 6.13. The first-order chi connectivity index (χ1) is 9.75. The van der Waals surface area contributed by atoms with Crippen molar-refractivity contribution in [3.05, 3.63) is 12.4 Å². The summed E-state index contributed by atoms with van der Waals surface area (Å²) in [7, 11) is -3.95. The maximum Gasteiger partial charge on any atom is 0.393 e. The molecule has 0 bridgehead atoms. The van der Waals surface area contributed by atoms with Crippen LogP contribution in [0, 0.1) is 5.92 Å². The van der Waals surface area contributed by atoms with Crippen LogP contribution in [-0.2, 0) is 16.6 Å². The number of halogens is 4. The van der Waals surface area contributed by atoms with Gasteiger partial charge in [-0.3, -0.25) is 4.68 Å². The SMILES string of the molecule is O=S(=O)(c1cnn(CCCl)c1)N1CCCC(C(F)(F)F)C1. The maximum atomic E-state index is 12.8. The van der Waals surface area contributed by atoms with E-state index in [1.807, 2.05) is 0 Å². The van der Waals surface area contributed by atoms with Crippen LogP contribution in [0.5, 0.6) is 0 Å². The number of sulfonamides is 1. The van der Waals surface area contributed by atoms with Crippen molar-refractivity contribution in [3.63, 3.8) is 0 Å². The van der Waals surface area contributed by atoms with Gasteiger partial charge in [-0.2, -0.15) is 22.6 Å². The average molecular weight is 346 g/mol. The summed E-state index contributed by atoms with van der Waals surface area (Å²) in [5, 5.41) is 3.84. The van der Waals surface area contributed by atoms with Crippen LogP contribution >= 0.6 is 11.6 Å². The van der Waals surface area contributed by atoms with Gasteiger partial charge in [0.05, 0.1) is 18.7 Å². The molecule has 120 valence electrons. The Labute approximate surface area is 125 Å². The van der Waals surface area contributed by atoms with Crippen molar-refractivity contribution >= 4 is 21.6 Å². The summed E-state index contributed by atoms with van der Waals surface area (Å²) in [6.07, 6.45) is -1.80. The second-order valence-electron chi connectivity index (χ2n) is 4.87. The van der Waals surface area contributed by atoms with Crippen LogP contribution < -0.4 is 0 Å². The lowest BCUT2D eigenvalue weighted by Gasteiger charge is -2.32. The number of aromatic nitrogens is 2. The molecule has 2 heterocycles. The van der Waals surface area contributed by atoms with Crippen LogP contribution in [0.15, 0.2) is 17.3 Å². The average Bonchev–Trinajstić information content (AvgIpc) is 2.88. The van der Waals surface area contributed by atoms with Crippen molar-refractivity contribution < 1.29 is 21.6 Å². The third-order valence-corrected chi connectivity index (χ3v) is 5.40. The van der Waals surface area contributed by atoms with Crippen molar-refractivity contribution in [2.24, 2.45) is 5.92 Å². The fourth-order valence-corrected chi connectivity index (χ4v) is 3.92. The topological polar surface area (TPSA) is 55.2 Å². The molecule has 21 heavy (non-hydrogen) atoms. The molecule has 10 heteroatoms. The highest BCUT2D eigenvalue weighted by molar-refractivity contribution is 7.89. The molecule has 2 rings (SSSR count). The first-order valence-corrected chi connectivity index (χ1v) is 8.38. The Morgan fingerprint density at radius 1 is 1.43 bits per heavy atom. The van der Waals surface area contributed by atoms with Gasteiger partial charge in [0.1, 0.15) is 4.90 Å². The molecule has 0 amide bonds. The van der Waals surface area contributed by atoms with Crippen molar-refractivity contribution in [2.75, 3.05) is 19.0 Å². The zero-order chi connectivity index (χ0) is 15.7. The van der Waals surface area contributed by atoms with E-state index >= 15 is 0 Å². The van der Waals surface area contributed by atoms with Crippen LogP contribution in [0.3, 0.4) is 0 Å². The molecule has 0 radical (unpaired) electrons. The van der Waals surface area contributed by atoms with Crippen LogP contribution in [0.25, 0.3) is 0 Å². The highest BCUT2D eigenvalue weighted by atomic mass is 35.5. The molecule has 1 aromatic heterocycles. The molecule has 1 aliphatic heterocycles. The minimum absolute atomic E-state index is 0.0406. The predicted molar refractivity (Wildman–Crippen MR) is 70.5 cm³/mol. The van der Waals surface area contributed by atoms with Gasteiger partial charge in [-0.05, 0) is 12.8 Å². The molecule has 0 aliphatic carbocycles. The summed E-state index contributed by atoms with van der Waals surface area (Å²) >= 11 is 5.53. The number of nitrogens with zero attached hydrogens (tertiary/aromatic N) is 3. The molecule has 1 saturated heterocycles. The zero-order valence-corrected chi connectivity index (χ0v) is 12.6. The Hall–Kier alpha value is -0.800. The predicted octanol–water partition coefficient (Wildman–Crippen LogP) is 2.08. The Balaban J connectivity index is 2.18. The van der Waals surface area contributed by atoms with Gasteiger partial charge in [0.2, 0.25) is 10.0 Å². The Kier molecular flexibility index (Phi) is 4.84. The van der Waals surface area contributed by atoms with Gasteiger partial charge in [-0.25, -0.2) is 8.42 Å². The van der Waals surface area contributed by atoms with Gasteiger partial charge in [0, 0.05) is 25.2 Å². The molecular formula is C11H15ClF3N3O2S. The molecule has 1 aromatic rings. The minimum atomic E-state index is -4.38. The molecular weight excluding hydrogens is 331 g/mol. The molecule has 5 nitrogen and oxygen atoms in total. The standard InChI is InChI=1S/C11H15ClF3N3O2S/c12-3-5-17-8-10(6-16-17)21(19,20)18-4-1-2-9(7-18)11(13,14)15/h6,8-9H,1-5,7H2. The first kappa shape index (κ1) is 16.6. The van der Waals surface area contributed by atoms with E-state index < -0.39 is 28.7 Å². The molecule has 1 atom stereocenters. The number of aryl methyl sites for hydroxylation is 1. The highest BCUT2D eigenvalue weighted by Crippen LogP contribution is 2.34. The molecule has 0 spiro atoms. The van der Waals surface area contributed by atoms with Crippen LogP contribution in [0.2, 0.25) is 0 Å². The summed E-state index contributed by atoms with van der Waals surface area (Å²) in [6, 6.07) is 0. The Bertz CT molecular complexity index is 588. The highest BCUT2D eigenvalue weighted by Gasteiger charge is 2.44. The third kappa shape index (κ3) is 3.70. The smallest absolute Gasteiger partial charge is 0.270 e. The number of alkyl halides is 4. The fourth-order valence-electron chi connectivity index (χ4n) is 2.26. The van der Waals surface area contributed by atoms with E-state index in [4.69, 9.17) is 11.6 Å². The van der Waals surface area contributed by atoms with E-state index in [9.17, 15) is 21.6 Å². The van der Waals surface area contributed by atoms with Crippen LogP contribution in [0.1, 0.15) is 12.8 Å². The lowest BCUT2D eigenvalue weighted by molar-refractivity contribution is -0.182. The lowest BCUT2D eigenvalue weighted by Crippen LogP contribution is -2.44. The number of hydrogen-bond acceptors (Lipinski definition) is 3. The largest absolute Gasteiger partial charge is 0.393 e. The second-order valence-corrected chi connectivity index (χ2v) is 7.19. The van der Waals surface area contributed by atoms with E-state index in [1.165, 1.54) is 10.9 Å². The van der Waals surface area contributed by atoms with E-state index in [1.54, 1.807) is 0 Å². The van der Waals surface area contributed by atoms with Crippen LogP contribution in [-0.4, -0.2) is 47.6 Å². The number of hydrogen-bond donors (Lipinski definition) is 0. The van der Waals surface area contributed by atoms with Crippen molar-refractivity contribution in [1.82, 2.24) is 14.1 Å². The molecule has 1 aliphatic rings. The fraction of sp³-hybridized carbons (Fsp3) is 0.727. The van der Waals surface area contributed by atoms with Crippen molar-refractivity contribution in [1.29, 1.82) is 0 Å². The Morgan fingerprint density at radius 3 is 2.76 bits per heavy atom. The third-order valence-electron chi connectivity index (χ3n) is 3.41. The zero-order valence-electron chi connectivity index (χ0n) is 11.1. The van der Waals surface area contributed by atoms with Gasteiger partial charge in [0.15, 0.2) is 0 Å². The van der Waals surface area contributed by atoms with E-state index in [0.717, 1.165) is 10.5 Å². The Morgan fingerprint density at radius 2 is 2.14 bits per heavy atom. The molecule has 1 unspecified atom stereocenters. The molecule has 0 saturated carbocycles. The number of piperidine rings is 1. The van der Waals surface area contributed by atoms with Gasteiger partial charge in [0.25, 0.3) is 0 Å². The summed E-state index contributed by atoms with van der Waals surface area (Å²) in [6.45, 7) is -0.107. The van der Waals surface area contributed by atoms with Gasteiger partial charge < -0.3 is 0 Å². The first-order valence-electron chi connectivity index (χ1n) is 6.40. The monoisotopic (exact) mass is 345 g/mol. The van der Waals surface area contributed by atoms with Crippen LogP contribution in [0.4, 0.5) is 13.2 Å². The summed E-state index contributed by atoms with van der Waals surface area (Å²) in [5.74, 6) is -1.35. The lowest BCUT2D eigenvalue weighted by atomic mass is 9.99. The van der Waals surface area contributed by atoms with Crippen molar-refractivity contribution in [2.45, 2.75) is 30.5 Å². The molecule has 0 N–H and O–H groups in total. The maximum absolute atomic E-state index is 12.8. The van der Waals surface area contributed by atoms with Gasteiger partial charge in [-0.15, -0.1) is 11.6 Å². The summed E-state index contributed by atoms with van der Waals surface area (Å²) in [5.41, 5.74) is 0. The number of rotatable bonds is 4. The van der Waals surface area contributed by atoms with E-state index in [0.29, 0.717) is 6.54 Å². The normalized spacial score (nSPS) is 21.6. The molecule has 1 fully saturated rings. The van der Waals surface area contributed by atoms with Gasteiger partial charge in [-0.1, -0.05) is 0 Å². The quantitative estimate of drug-likeness (QED) is 0.785. The molecule has 0 aromatic carbocycles. The van der Waals surface area contributed by atoms with E-state index in [2.05, 4.69) is 5.10 Å². The van der Waals surface area contributed by atoms with Crippen molar-refractivity contribution in [3.8, 4) is 0 Å². The minimum Gasteiger partial charge on any atom is -0.270 e. The summed E-state index contributed by atoms with van der Waals surface area (Å²) < 4.78 is 65.2. The van der Waals surface area contributed by atoms with E-state index in [-0.39, 0.29) is 30.2 Å². The van der Waals surface area contributed by atoms with Gasteiger partial charge >= 0.3 is 6.18 Å².